The van der Waals surface area contributed by atoms with E-state index in [0.717, 1.165) is 21.9 Å². The SMILES string of the molecule is CC(C)CNCc1ccc(Br)cc1Sc1nccs1. The summed E-state index contributed by atoms with van der Waals surface area (Å²) in [4.78, 5) is 5.60. The van der Waals surface area contributed by atoms with Gasteiger partial charge in [0.25, 0.3) is 0 Å². The number of aromatic nitrogens is 1. The quantitative estimate of drug-likeness (QED) is 0.804. The molecular weight excluding hydrogens is 340 g/mol. The lowest BCUT2D eigenvalue weighted by Gasteiger charge is -2.11. The van der Waals surface area contributed by atoms with Crippen LogP contribution in [0.5, 0.6) is 0 Å². The summed E-state index contributed by atoms with van der Waals surface area (Å²) < 4.78 is 2.20. The van der Waals surface area contributed by atoms with Gasteiger partial charge < -0.3 is 5.32 Å². The zero-order valence-electron chi connectivity index (χ0n) is 11.0. The number of benzene rings is 1. The van der Waals surface area contributed by atoms with E-state index in [9.17, 15) is 0 Å². The molecule has 0 fully saturated rings. The molecule has 0 aliphatic rings. The van der Waals surface area contributed by atoms with Gasteiger partial charge in [-0.2, -0.15) is 0 Å². The van der Waals surface area contributed by atoms with Crippen molar-refractivity contribution in [2.45, 2.75) is 29.6 Å². The van der Waals surface area contributed by atoms with Gasteiger partial charge in [0.05, 0.1) is 0 Å². The van der Waals surface area contributed by atoms with Crippen molar-refractivity contribution in [3.8, 4) is 0 Å². The molecule has 2 nitrogen and oxygen atoms in total. The summed E-state index contributed by atoms with van der Waals surface area (Å²) in [6, 6.07) is 6.43. The Labute approximate surface area is 131 Å². The van der Waals surface area contributed by atoms with Gasteiger partial charge in [-0.15, -0.1) is 11.3 Å². The maximum Gasteiger partial charge on any atom is 0.154 e. The second kappa shape index (κ2) is 7.43. The van der Waals surface area contributed by atoms with Crippen LogP contribution in [-0.2, 0) is 6.54 Å². The van der Waals surface area contributed by atoms with E-state index in [2.05, 4.69) is 58.3 Å². The van der Waals surface area contributed by atoms with Gasteiger partial charge in [0.2, 0.25) is 0 Å². The topological polar surface area (TPSA) is 24.9 Å². The molecule has 2 rings (SSSR count). The number of thiazole rings is 1. The minimum Gasteiger partial charge on any atom is -0.312 e. The molecule has 1 heterocycles. The van der Waals surface area contributed by atoms with Crippen LogP contribution in [0.15, 0.2) is 43.5 Å². The Morgan fingerprint density at radius 2 is 2.26 bits per heavy atom. The Bertz CT molecular complexity index is 512. The van der Waals surface area contributed by atoms with Crippen LogP contribution in [0.25, 0.3) is 0 Å². The van der Waals surface area contributed by atoms with E-state index in [0.29, 0.717) is 5.92 Å². The van der Waals surface area contributed by atoms with Crippen LogP contribution >= 0.6 is 39.0 Å². The van der Waals surface area contributed by atoms with E-state index in [1.54, 1.807) is 23.1 Å². The van der Waals surface area contributed by atoms with Gasteiger partial charge >= 0.3 is 0 Å². The Morgan fingerprint density at radius 1 is 1.42 bits per heavy atom. The number of hydrogen-bond acceptors (Lipinski definition) is 4. The molecule has 0 saturated carbocycles. The summed E-state index contributed by atoms with van der Waals surface area (Å²) in [6.45, 7) is 6.39. The molecule has 0 aliphatic carbocycles. The van der Waals surface area contributed by atoms with Gasteiger partial charge in [-0.3, -0.25) is 0 Å². The number of nitrogens with one attached hydrogen (secondary N) is 1. The van der Waals surface area contributed by atoms with Gasteiger partial charge in [0.1, 0.15) is 0 Å². The summed E-state index contributed by atoms with van der Waals surface area (Å²) in [5, 5.41) is 5.51. The highest BCUT2D eigenvalue weighted by Gasteiger charge is 2.07. The smallest absolute Gasteiger partial charge is 0.154 e. The van der Waals surface area contributed by atoms with Crippen LogP contribution in [0.1, 0.15) is 19.4 Å². The average molecular weight is 357 g/mol. The molecule has 0 atom stereocenters. The fraction of sp³-hybridized carbons (Fsp3) is 0.357. The van der Waals surface area contributed by atoms with Gasteiger partial charge in [0, 0.05) is 27.5 Å². The highest BCUT2D eigenvalue weighted by Crippen LogP contribution is 2.33. The fourth-order valence-corrected chi connectivity index (χ4v) is 3.88. The van der Waals surface area contributed by atoms with E-state index in [1.807, 2.05) is 11.6 Å². The van der Waals surface area contributed by atoms with Gasteiger partial charge in [-0.1, -0.05) is 47.6 Å². The average Bonchev–Trinajstić information content (AvgIpc) is 2.84. The lowest BCUT2D eigenvalue weighted by molar-refractivity contribution is 0.550. The molecule has 0 aliphatic heterocycles. The van der Waals surface area contributed by atoms with Crippen LogP contribution in [0, 0.1) is 5.92 Å². The normalized spacial score (nSPS) is 11.2. The van der Waals surface area contributed by atoms with Crippen molar-refractivity contribution in [2.75, 3.05) is 6.54 Å². The van der Waals surface area contributed by atoms with Crippen molar-refractivity contribution >= 4 is 39.0 Å². The number of rotatable bonds is 6. The predicted molar refractivity (Wildman–Crippen MR) is 86.9 cm³/mol. The van der Waals surface area contributed by atoms with Crippen molar-refractivity contribution in [2.24, 2.45) is 5.92 Å². The third kappa shape index (κ3) is 4.91. The number of nitrogens with zero attached hydrogens (tertiary/aromatic N) is 1. The maximum absolute atomic E-state index is 4.34. The molecule has 0 bridgehead atoms. The van der Waals surface area contributed by atoms with Crippen molar-refractivity contribution in [3.63, 3.8) is 0 Å². The minimum absolute atomic E-state index is 0.672. The highest BCUT2D eigenvalue weighted by molar-refractivity contribution is 9.10. The monoisotopic (exact) mass is 356 g/mol. The Kier molecular flexibility index (Phi) is 5.88. The molecule has 1 N–H and O–H groups in total. The van der Waals surface area contributed by atoms with Crippen molar-refractivity contribution in [3.05, 3.63) is 39.8 Å². The van der Waals surface area contributed by atoms with E-state index >= 15 is 0 Å². The zero-order valence-corrected chi connectivity index (χ0v) is 14.2. The third-order valence-electron chi connectivity index (χ3n) is 2.50. The van der Waals surface area contributed by atoms with Crippen LogP contribution in [0.4, 0.5) is 0 Å². The summed E-state index contributed by atoms with van der Waals surface area (Å²) in [6.07, 6.45) is 1.85. The van der Waals surface area contributed by atoms with Gasteiger partial charge in [0.15, 0.2) is 4.34 Å². The zero-order chi connectivity index (χ0) is 13.7. The molecule has 0 saturated heterocycles. The summed E-state index contributed by atoms with van der Waals surface area (Å²) >= 11 is 6.95. The van der Waals surface area contributed by atoms with Gasteiger partial charge in [-0.05, 0) is 30.2 Å². The Morgan fingerprint density at radius 3 is 2.95 bits per heavy atom. The summed E-state index contributed by atoms with van der Waals surface area (Å²) in [5.74, 6) is 0.672. The first kappa shape index (κ1) is 15.0. The van der Waals surface area contributed by atoms with E-state index in [4.69, 9.17) is 0 Å². The first-order valence-corrected chi connectivity index (χ1v) is 8.70. The van der Waals surface area contributed by atoms with Crippen molar-refractivity contribution < 1.29 is 0 Å². The summed E-state index contributed by atoms with van der Waals surface area (Å²) in [7, 11) is 0. The third-order valence-corrected chi connectivity index (χ3v) is 4.98. The van der Waals surface area contributed by atoms with Crippen molar-refractivity contribution in [1.29, 1.82) is 0 Å². The Balaban J connectivity index is 2.09. The van der Waals surface area contributed by atoms with Crippen LogP contribution in [0.3, 0.4) is 0 Å². The van der Waals surface area contributed by atoms with E-state index < -0.39 is 0 Å². The molecule has 0 radical (unpaired) electrons. The molecule has 2 aromatic rings. The van der Waals surface area contributed by atoms with Crippen LogP contribution < -0.4 is 5.32 Å². The largest absolute Gasteiger partial charge is 0.312 e. The second-order valence-corrected chi connectivity index (χ2v) is 7.78. The lowest BCUT2D eigenvalue weighted by Crippen LogP contribution is -2.19. The number of halogens is 1. The first-order chi connectivity index (χ1) is 9.15. The molecule has 19 heavy (non-hydrogen) atoms. The molecular formula is C14H17BrN2S2. The lowest BCUT2D eigenvalue weighted by atomic mass is 10.2. The maximum atomic E-state index is 4.34. The van der Waals surface area contributed by atoms with Gasteiger partial charge in [-0.25, -0.2) is 4.98 Å². The molecule has 5 heteroatoms. The molecule has 1 aromatic heterocycles. The Hall–Kier alpha value is -0.360. The van der Waals surface area contributed by atoms with Crippen molar-refractivity contribution in [1.82, 2.24) is 10.3 Å². The van der Waals surface area contributed by atoms with Crippen LogP contribution in [-0.4, -0.2) is 11.5 Å². The molecule has 0 spiro atoms. The second-order valence-electron chi connectivity index (χ2n) is 4.68. The molecule has 102 valence electrons. The minimum atomic E-state index is 0.672. The molecule has 1 aromatic carbocycles. The first-order valence-electron chi connectivity index (χ1n) is 6.21. The fourth-order valence-electron chi connectivity index (χ4n) is 1.62. The highest BCUT2D eigenvalue weighted by atomic mass is 79.9. The van der Waals surface area contributed by atoms with E-state index in [1.165, 1.54) is 10.5 Å². The number of hydrogen-bond donors (Lipinski definition) is 1. The predicted octanol–water partition coefficient (Wildman–Crippen LogP) is 4.80. The molecule has 0 unspecified atom stereocenters. The molecule has 0 amide bonds. The van der Waals surface area contributed by atoms with Crippen LogP contribution in [0.2, 0.25) is 0 Å². The summed E-state index contributed by atoms with van der Waals surface area (Å²) in [5.41, 5.74) is 1.32. The standard InChI is InChI=1S/C14H17BrN2S2/c1-10(2)8-16-9-11-3-4-12(15)7-13(11)19-14-17-5-6-18-14/h3-7,10,16H,8-9H2,1-2H3. The van der Waals surface area contributed by atoms with E-state index in [-0.39, 0.29) is 0 Å².